The lowest BCUT2D eigenvalue weighted by Crippen LogP contribution is -2.58. The van der Waals surface area contributed by atoms with Crippen molar-refractivity contribution in [3.8, 4) is 0 Å². The molecule has 0 radical (unpaired) electrons. The second-order valence-electron chi connectivity index (χ2n) is 4.09. The first kappa shape index (κ1) is 13.9. The first-order valence-corrected chi connectivity index (χ1v) is 7.34. The smallest absolute Gasteiger partial charge is 0.241 e. The van der Waals surface area contributed by atoms with Crippen LogP contribution in [-0.2, 0) is 19.4 Å². The van der Waals surface area contributed by atoms with E-state index in [9.17, 15) is 18.0 Å². The van der Waals surface area contributed by atoms with Crippen LogP contribution in [0.4, 0.5) is 0 Å². The number of hydrogen-bond donors (Lipinski definition) is 2. The Bertz CT molecular complexity index is 406. The van der Waals surface area contributed by atoms with E-state index >= 15 is 0 Å². The van der Waals surface area contributed by atoms with Gasteiger partial charge in [-0.15, -0.1) is 0 Å². The quantitative estimate of drug-likeness (QED) is 0.593. The Morgan fingerprint density at radius 3 is 2.65 bits per heavy atom. The summed E-state index contributed by atoms with van der Waals surface area (Å²) in [6, 6.07) is -0.684. The molecule has 2 amide bonds. The van der Waals surface area contributed by atoms with E-state index in [1.54, 1.807) is 0 Å². The van der Waals surface area contributed by atoms with Gasteiger partial charge in [0.05, 0.1) is 5.75 Å². The van der Waals surface area contributed by atoms with Crippen LogP contribution in [0, 0.1) is 0 Å². The van der Waals surface area contributed by atoms with E-state index in [2.05, 4.69) is 5.32 Å². The molecule has 98 valence electrons. The molecule has 0 aromatic carbocycles. The molecule has 0 aromatic heterocycles. The van der Waals surface area contributed by atoms with E-state index < -0.39 is 21.8 Å². The highest BCUT2D eigenvalue weighted by molar-refractivity contribution is 7.90. The molecule has 0 spiro atoms. The van der Waals surface area contributed by atoms with Gasteiger partial charge in [0.2, 0.25) is 11.8 Å². The summed E-state index contributed by atoms with van der Waals surface area (Å²) >= 11 is 0. The number of hydrogen-bond acceptors (Lipinski definition) is 5. The van der Waals surface area contributed by atoms with Gasteiger partial charge in [-0.1, -0.05) is 0 Å². The van der Waals surface area contributed by atoms with E-state index in [1.807, 2.05) is 0 Å². The summed E-state index contributed by atoms with van der Waals surface area (Å²) < 4.78 is 21.9. The molecule has 3 N–H and O–H groups in total. The molecular weight excluding hydrogens is 246 g/mol. The van der Waals surface area contributed by atoms with Crippen LogP contribution in [0.1, 0.15) is 6.42 Å². The third-order valence-corrected chi connectivity index (χ3v) is 3.52. The van der Waals surface area contributed by atoms with E-state index in [0.29, 0.717) is 19.6 Å². The second-order valence-corrected chi connectivity index (χ2v) is 6.35. The summed E-state index contributed by atoms with van der Waals surface area (Å²) in [4.78, 5) is 24.3. The molecule has 0 aromatic rings. The standard InChI is InChI=1S/C9H17N3O4S/c1-17(15,16)5-2-8(13)12-4-3-11-6-7(12)9(10)14/h7,11H,2-6H2,1H3,(H2,10,14). The molecule has 1 unspecified atom stereocenters. The molecule has 1 heterocycles. The maximum absolute atomic E-state index is 11.8. The van der Waals surface area contributed by atoms with Gasteiger partial charge in [0.25, 0.3) is 0 Å². The zero-order valence-electron chi connectivity index (χ0n) is 9.68. The lowest BCUT2D eigenvalue weighted by molar-refractivity contribution is -0.140. The summed E-state index contributed by atoms with van der Waals surface area (Å²) in [6.07, 6.45) is 0.965. The number of piperazine rings is 1. The average molecular weight is 263 g/mol. The fraction of sp³-hybridized carbons (Fsp3) is 0.778. The molecule has 1 aliphatic heterocycles. The summed E-state index contributed by atoms with van der Waals surface area (Å²) in [5.41, 5.74) is 5.19. The van der Waals surface area contributed by atoms with Crippen LogP contribution in [0.5, 0.6) is 0 Å². The molecule has 1 fully saturated rings. The SMILES string of the molecule is CS(=O)(=O)CCC(=O)N1CCNCC1C(N)=O. The van der Waals surface area contributed by atoms with Crippen molar-refractivity contribution >= 4 is 21.7 Å². The van der Waals surface area contributed by atoms with Crippen molar-refractivity contribution in [2.24, 2.45) is 5.73 Å². The Hall–Kier alpha value is -1.15. The number of amides is 2. The van der Waals surface area contributed by atoms with Crippen molar-refractivity contribution in [2.75, 3.05) is 31.6 Å². The summed E-state index contributed by atoms with van der Waals surface area (Å²) in [6.45, 7) is 1.27. The summed E-state index contributed by atoms with van der Waals surface area (Å²) in [5, 5.41) is 2.96. The summed E-state index contributed by atoms with van der Waals surface area (Å²) in [7, 11) is -3.17. The van der Waals surface area contributed by atoms with E-state index in [-0.39, 0.29) is 18.1 Å². The maximum Gasteiger partial charge on any atom is 0.241 e. The van der Waals surface area contributed by atoms with Gasteiger partial charge in [0, 0.05) is 32.3 Å². The van der Waals surface area contributed by atoms with Crippen molar-refractivity contribution in [3.05, 3.63) is 0 Å². The molecule has 7 nitrogen and oxygen atoms in total. The van der Waals surface area contributed by atoms with Crippen LogP contribution < -0.4 is 11.1 Å². The highest BCUT2D eigenvalue weighted by Crippen LogP contribution is 2.06. The number of nitrogens with two attached hydrogens (primary N) is 1. The number of nitrogens with zero attached hydrogens (tertiary/aromatic N) is 1. The van der Waals surface area contributed by atoms with Gasteiger partial charge in [-0.25, -0.2) is 8.42 Å². The Balaban J connectivity index is 2.62. The third-order valence-electron chi connectivity index (χ3n) is 2.58. The van der Waals surface area contributed by atoms with Crippen LogP contribution in [0.15, 0.2) is 0 Å². The van der Waals surface area contributed by atoms with Crippen LogP contribution >= 0.6 is 0 Å². The number of primary amides is 1. The molecule has 0 saturated carbocycles. The molecular formula is C9H17N3O4S. The predicted octanol–water partition coefficient (Wildman–Crippen LogP) is -2.29. The fourth-order valence-corrected chi connectivity index (χ4v) is 2.22. The molecule has 0 aliphatic carbocycles. The van der Waals surface area contributed by atoms with E-state index in [1.165, 1.54) is 4.90 Å². The lowest BCUT2D eigenvalue weighted by atomic mass is 10.1. The van der Waals surface area contributed by atoms with Gasteiger partial charge in [-0.3, -0.25) is 9.59 Å². The number of carbonyl (C=O) groups is 2. The van der Waals surface area contributed by atoms with Crippen molar-refractivity contribution in [1.82, 2.24) is 10.2 Å². The Morgan fingerprint density at radius 1 is 1.47 bits per heavy atom. The van der Waals surface area contributed by atoms with E-state index in [0.717, 1.165) is 6.26 Å². The fourth-order valence-electron chi connectivity index (χ4n) is 1.67. The first-order valence-electron chi connectivity index (χ1n) is 5.28. The van der Waals surface area contributed by atoms with Crippen LogP contribution in [0.2, 0.25) is 0 Å². The number of carbonyl (C=O) groups excluding carboxylic acids is 2. The highest BCUT2D eigenvalue weighted by atomic mass is 32.2. The minimum Gasteiger partial charge on any atom is -0.368 e. The Labute approximate surface area is 100 Å². The Kier molecular flexibility index (Phi) is 4.47. The monoisotopic (exact) mass is 263 g/mol. The van der Waals surface area contributed by atoms with Crippen molar-refractivity contribution in [1.29, 1.82) is 0 Å². The minimum absolute atomic E-state index is 0.109. The summed E-state index contributed by atoms with van der Waals surface area (Å²) in [5.74, 6) is -1.13. The molecule has 0 bridgehead atoms. The minimum atomic E-state index is -3.17. The molecule has 1 rings (SSSR count). The lowest BCUT2D eigenvalue weighted by Gasteiger charge is -2.34. The van der Waals surface area contributed by atoms with Crippen LogP contribution in [0.25, 0.3) is 0 Å². The van der Waals surface area contributed by atoms with Gasteiger partial charge >= 0.3 is 0 Å². The number of sulfone groups is 1. The largest absolute Gasteiger partial charge is 0.368 e. The average Bonchev–Trinajstić information content (AvgIpc) is 2.25. The van der Waals surface area contributed by atoms with Gasteiger partial charge in [0.1, 0.15) is 15.9 Å². The molecule has 17 heavy (non-hydrogen) atoms. The molecule has 1 atom stereocenters. The Morgan fingerprint density at radius 2 is 2.12 bits per heavy atom. The van der Waals surface area contributed by atoms with E-state index in [4.69, 9.17) is 5.73 Å². The topological polar surface area (TPSA) is 110 Å². The van der Waals surface area contributed by atoms with Crippen LogP contribution in [-0.4, -0.2) is 62.8 Å². The van der Waals surface area contributed by atoms with Crippen LogP contribution in [0.3, 0.4) is 0 Å². The maximum atomic E-state index is 11.8. The zero-order chi connectivity index (χ0) is 13.1. The predicted molar refractivity (Wildman–Crippen MR) is 61.9 cm³/mol. The van der Waals surface area contributed by atoms with Gasteiger partial charge < -0.3 is 16.0 Å². The van der Waals surface area contributed by atoms with Gasteiger partial charge in [-0.2, -0.15) is 0 Å². The van der Waals surface area contributed by atoms with Crippen molar-refractivity contribution < 1.29 is 18.0 Å². The second kappa shape index (κ2) is 5.46. The third kappa shape index (κ3) is 4.31. The molecule has 1 saturated heterocycles. The first-order chi connectivity index (χ1) is 7.81. The highest BCUT2D eigenvalue weighted by Gasteiger charge is 2.30. The van der Waals surface area contributed by atoms with Crippen molar-refractivity contribution in [3.63, 3.8) is 0 Å². The normalized spacial score (nSPS) is 21.2. The van der Waals surface area contributed by atoms with Gasteiger partial charge in [0.15, 0.2) is 0 Å². The zero-order valence-corrected chi connectivity index (χ0v) is 10.5. The molecule has 8 heteroatoms. The van der Waals surface area contributed by atoms with Gasteiger partial charge in [-0.05, 0) is 0 Å². The van der Waals surface area contributed by atoms with Crippen molar-refractivity contribution in [2.45, 2.75) is 12.5 Å². The molecule has 1 aliphatic rings. The number of rotatable bonds is 4. The number of nitrogens with one attached hydrogen (secondary N) is 1.